The Morgan fingerprint density at radius 2 is 1.76 bits per heavy atom. The van der Waals surface area contributed by atoms with Crippen molar-refractivity contribution in [3.05, 3.63) is 34.4 Å². The smallest absolute Gasteiger partial charge is 0.308 e. The van der Waals surface area contributed by atoms with E-state index in [1.807, 2.05) is 6.92 Å². The highest BCUT2D eigenvalue weighted by Gasteiger charge is 2.18. The number of aryl methyl sites for hydroxylation is 3. The third kappa shape index (κ3) is 3.32. The highest BCUT2D eigenvalue weighted by Crippen LogP contribution is 2.20. The summed E-state index contributed by atoms with van der Waals surface area (Å²) in [6, 6.07) is 4.38. The first-order valence-corrected chi connectivity index (χ1v) is 6.14. The van der Waals surface area contributed by atoms with Gasteiger partial charge in [-0.3, -0.25) is 4.79 Å². The Hall–Kier alpha value is -1.31. The summed E-state index contributed by atoms with van der Waals surface area (Å²) < 4.78 is 4.83. The molecule has 0 amide bonds. The molecular weight excluding hydrogens is 212 g/mol. The van der Waals surface area contributed by atoms with E-state index in [1.54, 1.807) is 0 Å². The van der Waals surface area contributed by atoms with Crippen LogP contribution >= 0.6 is 0 Å². The number of hydrogen-bond donors (Lipinski definition) is 0. The maximum atomic E-state index is 11.6. The van der Waals surface area contributed by atoms with Crippen molar-refractivity contribution in [1.29, 1.82) is 0 Å². The van der Waals surface area contributed by atoms with E-state index in [0.717, 1.165) is 12.8 Å². The first-order chi connectivity index (χ1) is 7.99. The third-order valence-corrected chi connectivity index (χ3v) is 3.45. The molecular formula is C15H22O2. The molecule has 0 radical (unpaired) electrons. The minimum atomic E-state index is -0.106. The van der Waals surface area contributed by atoms with Crippen LogP contribution in [0.1, 0.15) is 35.6 Å². The van der Waals surface area contributed by atoms with Crippen molar-refractivity contribution in [2.24, 2.45) is 5.92 Å². The second kappa shape index (κ2) is 5.85. The summed E-state index contributed by atoms with van der Waals surface area (Å²) in [6.45, 7) is 8.35. The molecule has 1 aromatic rings. The minimum Gasteiger partial charge on any atom is -0.469 e. The van der Waals surface area contributed by atoms with Gasteiger partial charge in [0.05, 0.1) is 13.0 Å². The van der Waals surface area contributed by atoms with Crippen molar-refractivity contribution in [3.63, 3.8) is 0 Å². The molecule has 0 spiro atoms. The van der Waals surface area contributed by atoms with Crippen molar-refractivity contribution in [2.45, 2.75) is 40.5 Å². The van der Waals surface area contributed by atoms with Crippen LogP contribution < -0.4 is 0 Å². The van der Waals surface area contributed by atoms with Crippen LogP contribution in [0.3, 0.4) is 0 Å². The first kappa shape index (κ1) is 13.8. The van der Waals surface area contributed by atoms with E-state index in [-0.39, 0.29) is 11.9 Å². The molecule has 17 heavy (non-hydrogen) atoms. The highest BCUT2D eigenvalue weighted by molar-refractivity contribution is 5.72. The van der Waals surface area contributed by atoms with Crippen LogP contribution in [-0.2, 0) is 16.0 Å². The van der Waals surface area contributed by atoms with Gasteiger partial charge >= 0.3 is 5.97 Å². The molecule has 0 N–H and O–H groups in total. The van der Waals surface area contributed by atoms with E-state index in [0.29, 0.717) is 0 Å². The molecule has 0 saturated heterocycles. The summed E-state index contributed by atoms with van der Waals surface area (Å²) >= 11 is 0. The van der Waals surface area contributed by atoms with E-state index in [9.17, 15) is 4.79 Å². The van der Waals surface area contributed by atoms with Crippen LogP contribution in [0, 0.1) is 26.7 Å². The molecule has 0 saturated carbocycles. The van der Waals surface area contributed by atoms with Crippen LogP contribution in [0.2, 0.25) is 0 Å². The quantitative estimate of drug-likeness (QED) is 0.747. The number of benzene rings is 1. The molecule has 0 fully saturated rings. The van der Waals surface area contributed by atoms with Crippen LogP contribution in [0.5, 0.6) is 0 Å². The van der Waals surface area contributed by atoms with Gasteiger partial charge in [-0.2, -0.15) is 0 Å². The number of esters is 1. The standard InChI is InChI=1S/C15H22O2/c1-6-13(15(16)17-5)9-14-8-11(3)10(2)7-12(14)4/h7-8,13H,6,9H2,1-5H3. The molecule has 0 aliphatic rings. The molecule has 0 bridgehead atoms. The maximum Gasteiger partial charge on any atom is 0.308 e. The van der Waals surface area contributed by atoms with E-state index in [4.69, 9.17) is 4.74 Å². The fraction of sp³-hybridized carbons (Fsp3) is 0.533. The molecule has 0 heterocycles. The zero-order chi connectivity index (χ0) is 13.0. The second-order valence-electron chi connectivity index (χ2n) is 4.70. The van der Waals surface area contributed by atoms with Crippen molar-refractivity contribution in [1.82, 2.24) is 0 Å². The SMILES string of the molecule is CCC(Cc1cc(C)c(C)cc1C)C(=O)OC. The molecule has 0 aromatic heterocycles. The number of rotatable bonds is 4. The number of hydrogen-bond acceptors (Lipinski definition) is 2. The average molecular weight is 234 g/mol. The molecule has 1 atom stereocenters. The lowest BCUT2D eigenvalue weighted by Crippen LogP contribution is -2.18. The fourth-order valence-electron chi connectivity index (χ4n) is 2.07. The topological polar surface area (TPSA) is 26.3 Å². The lowest BCUT2D eigenvalue weighted by molar-refractivity contribution is -0.145. The Morgan fingerprint density at radius 1 is 1.18 bits per heavy atom. The van der Waals surface area contributed by atoms with Gasteiger partial charge in [0.1, 0.15) is 0 Å². The van der Waals surface area contributed by atoms with Crippen molar-refractivity contribution in [3.8, 4) is 0 Å². The lowest BCUT2D eigenvalue weighted by Gasteiger charge is -2.15. The summed E-state index contributed by atoms with van der Waals surface area (Å²) in [5.41, 5.74) is 5.10. The van der Waals surface area contributed by atoms with Gasteiger partial charge in [0, 0.05) is 0 Å². The maximum absolute atomic E-state index is 11.6. The molecule has 1 unspecified atom stereocenters. The number of methoxy groups -OCH3 is 1. The largest absolute Gasteiger partial charge is 0.469 e. The molecule has 2 nitrogen and oxygen atoms in total. The van der Waals surface area contributed by atoms with Gasteiger partial charge < -0.3 is 4.74 Å². The summed E-state index contributed by atoms with van der Waals surface area (Å²) in [7, 11) is 1.46. The summed E-state index contributed by atoms with van der Waals surface area (Å²) in [6.07, 6.45) is 1.59. The fourth-order valence-corrected chi connectivity index (χ4v) is 2.07. The van der Waals surface area contributed by atoms with Gasteiger partial charge in [-0.15, -0.1) is 0 Å². The van der Waals surface area contributed by atoms with Crippen LogP contribution in [0.4, 0.5) is 0 Å². The second-order valence-corrected chi connectivity index (χ2v) is 4.70. The summed E-state index contributed by atoms with van der Waals surface area (Å²) in [4.78, 5) is 11.6. The van der Waals surface area contributed by atoms with Gasteiger partial charge in [-0.25, -0.2) is 0 Å². The monoisotopic (exact) mass is 234 g/mol. The molecule has 2 heteroatoms. The third-order valence-electron chi connectivity index (χ3n) is 3.45. The van der Waals surface area contributed by atoms with Gasteiger partial charge in [-0.05, 0) is 55.9 Å². The Labute approximate surface area is 104 Å². The van der Waals surface area contributed by atoms with Crippen molar-refractivity contribution >= 4 is 5.97 Å². The van der Waals surface area contributed by atoms with Crippen LogP contribution in [0.25, 0.3) is 0 Å². The lowest BCUT2D eigenvalue weighted by atomic mass is 9.91. The Morgan fingerprint density at radius 3 is 2.29 bits per heavy atom. The zero-order valence-corrected chi connectivity index (χ0v) is 11.5. The van der Waals surface area contributed by atoms with E-state index < -0.39 is 0 Å². The first-order valence-electron chi connectivity index (χ1n) is 6.14. The minimum absolute atomic E-state index is 0.0270. The molecule has 0 aliphatic carbocycles. The number of carbonyl (C=O) groups excluding carboxylic acids is 1. The molecule has 0 aliphatic heterocycles. The predicted octanol–water partition coefficient (Wildman–Crippen LogP) is 3.35. The molecule has 94 valence electrons. The average Bonchev–Trinajstić information content (AvgIpc) is 2.31. The molecule has 1 aromatic carbocycles. The van der Waals surface area contributed by atoms with Crippen molar-refractivity contribution < 1.29 is 9.53 Å². The number of ether oxygens (including phenoxy) is 1. The highest BCUT2D eigenvalue weighted by atomic mass is 16.5. The Kier molecular flexibility index (Phi) is 4.73. The Balaban J connectivity index is 2.94. The van der Waals surface area contributed by atoms with Crippen LogP contribution in [-0.4, -0.2) is 13.1 Å². The van der Waals surface area contributed by atoms with Gasteiger partial charge in [-0.1, -0.05) is 19.1 Å². The van der Waals surface area contributed by atoms with Gasteiger partial charge in [0.15, 0.2) is 0 Å². The van der Waals surface area contributed by atoms with Crippen molar-refractivity contribution in [2.75, 3.05) is 7.11 Å². The van der Waals surface area contributed by atoms with E-state index >= 15 is 0 Å². The van der Waals surface area contributed by atoms with Crippen LogP contribution in [0.15, 0.2) is 12.1 Å². The predicted molar refractivity (Wildman–Crippen MR) is 70.2 cm³/mol. The van der Waals surface area contributed by atoms with E-state index in [2.05, 4.69) is 32.9 Å². The van der Waals surface area contributed by atoms with Gasteiger partial charge in [0.2, 0.25) is 0 Å². The zero-order valence-electron chi connectivity index (χ0n) is 11.5. The van der Waals surface area contributed by atoms with Gasteiger partial charge in [0.25, 0.3) is 0 Å². The summed E-state index contributed by atoms with van der Waals surface area (Å²) in [5, 5.41) is 0. The number of carbonyl (C=O) groups is 1. The van der Waals surface area contributed by atoms with E-state index in [1.165, 1.54) is 29.4 Å². The Bertz CT molecular complexity index is 408. The summed E-state index contributed by atoms with van der Waals surface area (Å²) in [5.74, 6) is -0.133. The normalized spacial score (nSPS) is 12.3. The molecule has 1 rings (SSSR count).